The van der Waals surface area contributed by atoms with Gasteiger partial charge in [-0.3, -0.25) is 0 Å². The maximum absolute atomic E-state index is 11.3. The molecule has 0 aliphatic rings. The maximum atomic E-state index is 11.3. The largest absolute Gasteiger partial charge is 0.488 e. The van der Waals surface area contributed by atoms with Gasteiger partial charge in [-0.15, -0.1) is 0 Å². The summed E-state index contributed by atoms with van der Waals surface area (Å²) in [6.45, 7) is 2.44. The molecule has 6 heteroatoms. The van der Waals surface area contributed by atoms with Gasteiger partial charge in [-0.1, -0.05) is 23.7 Å². The molecule has 3 rings (SSSR count). The Morgan fingerprint density at radius 2 is 2.00 bits per heavy atom. The second-order valence-electron chi connectivity index (χ2n) is 5.79. The molecule has 2 aromatic carbocycles. The number of aromatic amines is 1. The van der Waals surface area contributed by atoms with Crippen LogP contribution in [0.25, 0.3) is 22.0 Å². The third-order valence-electron chi connectivity index (χ3n) is 3.90. The van der Waals surface area contributed by atoms with Gasteiger partial charge in [0.1, 0.15) is 11.9 Å². The number of methoxy groups -OCH3 is 1. The van der Waals surface area contributed by atoms with E-state index in [4.69, 9.17) is 21.1 Å². The van der Waals surface area contributed by atoms with Crippen LogP contribution in [0.1, 0.15) is 17.3 Å². The summed E-state index contributed by atoms with van der Waals surface area (Å²) in [5.41, 5.74) is 2.57. The summed E-state index contributed by atoms with van der Waals surface area (Å²) in [4.78, 5) is 14.3. The van der Waals surface area contributed by atoms with E-state index in [1.54, 1.807) is 19.2 Å². The molecule has 3 aromatic rings. The van der Waals surface area contributed by atoms with E-state index in [0.29, 0.717) is 22.5 Å². The zero-order valence-corrected chi connectivity index (χ0v) is 14.6. The van der Waals surface area contributed by atoms with Crippen LogP contribution >= 0.6 is 11.6 Å². The highest BCUT2D eigenvalue weighted by Crippen LogP contribution is 2.34. The molecule has 0 saturated carbocycles. The Bertz CT molecular complexity index is 902. The Balaban J connectivity index is 1.94. The van der Waals surface area contributed by atoms with Gasteiger partial charge in [0.15, 0.2) is 0 Å². The second-order valence-corrected chi connectivity index (χ2v) is 6.20. The monoisotopic (exact) mass is 359 g/mol. The minimum absolute atomic E-state index is 0.0474. The van der Waals surface area contributed by atoms with Crippen LogP contribution < -0.4 is 4.74 Å². The van der Waals surface area contributed by atoms with Gasteiger partial charge >= 0.3 is 5.97 Å². The highest BCUT2D eigenvalue weighted by molar-refractivity contribution is 6.34. The highest BCUT2D eigenvalue weighted by Gasteiger charge is 2.14. The molecule has 0 unspecified atom stereocenters. The summed E-state index contributed by atoms with van der Waals surface area (Å²) < 4.78 is 10.8. The molecule has 0 aliphatic carbocycles. The van der Waals surface area contributed by atoms with Crippen LogP contribution in [0.15, 0.2) is 42.6 Å². The Morgan fingerprint density at radius 3 is 2.64 bits per heavy atom. The van der Waals surface area contributed by atoms with Gasteiger partial charge in [-0.2, -0.15) is 0 Å². The fourth-order valence-corrected chi connectivity index (χ4v) is 3.03. The number of aromatic carboxylic acids is 1. The number of carboxylic acid groups (broad SMARTS) is 1. The first-order valence-corrected chi connectivity index (χ1v) is 8.17. The Labute approximate surface area is 150 Å². The number of hydrogen-bond acceptors (Lipinski definition) is 3. The Kier molecular flexibility index (Phi) is 4.97. The van der Waals surface area contributed by atoms with Crippen molar-refractivity contribution in [2.24, 2.45) is 0 Å². The van der Waals surface area contributed by atoms with Crippen LogP contribution in [0.2, 0.25) is 5.02 Å². The highest BCUT2D eigenvalue weighted by atomic mass is 35.5. The van der Waals surface area contributed by atoms with Gasteiger partial charge in [-0.05, 0) is 36.8 Å². The lowest BCUT2D eigenvalue weighted by Crippen LogP contribution is -2.17. The molecule has 130 valence electrons. The molecule has 25 heavy (non-hydrogen) atoms. The predicted molar refractivity (Wildman–Crippen MR) is 97.7 cm³/mol. The molecule has 5 nitrogen and oxygen atoms in total. The summed E-state index contributed by atoms with van der Waals surface area (Å²) in [5, 5.41) is 10.5. The molecule has 1 aromatic heterocycles. The minimum atomic E-state index is -0.976. The van der Waals surface area contributed by atoms with Gasteiger partial charge in [0.2, 0.25) is 0 Å². The molecule has 2 N–H and O–H groups in total. The smallest absolute Gasteiger partial charge is 0.337 e. The standard InChI is InChI=1S/C19H18ClNO4/c1-11(10-24-2)25-13-5-3-12(4-6-13)14-7-15-16(19(22)23)9-21-18(15)8-17(14)20/h3-9,11,21H,10H2,1-2H3,(H,22,23)/t11-/m1/s1. The average molecular weight is 360 g/mol. The average Bonchev–Trinajstić information content (AvgIpc) is 2.98. The predicted octanol–water partition coefficient (Wildman–Crippen LogP) is 4.60. The van der Waals surface area contributed by atoms with E-state index in [1.807, 2.05) is 31.2 Å². The lowest BCUT2D eigenvalue weighted by molar-refractivity contribution is 0.0699. The molecule has 0 fully saturated rings. The summed E-state index contributed by atoms with van der Waals surface area (Å²) in [6, 6.07) is 11.0. The third-order valence-corrected chi connectivity index (χ3v) is 4.22. The van der Waals surface area contributed by atoms with E-state index in [1.165, 1.54) is 6.20 Å². The molecule has 0 saturated heterocycles. The van der Waals surface area contributed by atoms with E-state index in [9.17, 15) is 9.90 Å². The van der Waals surface area contributed by atoms with Crippen LogP contribution in [0, 0.1) is 0 Å². The van der Waals surface area contributed by atoms with Crippen LogP contribution in [0.5, 0.6) is 5.75 Å². The van der Waals surface area contributed by atoms with Gasteiger partial charge in [0.05, 0.1) is 17.2 Å². The zero-order chi connectivity index (χ0) is 18.0. The number of H-pyrrole nitrogens is 1. The summed E-state index contributed by atoms with van der Waals surface area (Å²) in [6.07, 6.45) is 1.43. The van der Waals surface area contributed by atoms with E-state index in [-0.39, 0.29) is 11.7 Å². The van der Waals surface area contributed by atoms with Crippen molar-refractivity contribution in [1.82, 2.24) is 4.98 Å². The number of carbonyl (C=O) groups is 1. The molecule has 0 aliphatic heterocycles. The fraction of sp³-hybridized carbons (Fsp3) is 0.211. The molecule has 0 spiro atoms. The number of benzene rings is 2. The van der Waals surface area contributed by atoms with Gasteiger partial charge < -0.3 is 19.6 Å². The second kappa shape index (κ2) is 7.17. The first kappa shape index (κ1) is 17.3. The van der Waals surface area contributed by atoms with Crippen molar-refractivity contribution in [3.63, 3.8) is 0 Å². The van der Waals surface area contributed by atoms with Crippen LogP contribution in [-0.2, 0) is 4.74 Å². The summed E-state index contributed by atoms with van der Waals surface area (Å²) >= 11 is 6.38. The topological polar surface area (TPSA) is 71.6 Å². The lowest BCUT2D eigenvalue weighted by Gasteiger charge is -2.14. The van der Waals surface area contributed by atoms with E-state index in [2.05, 4.69) is 4.98 Å². The van der Waals surface area contributed by atoms with Crippen molar-refractivity contribution in [1.29, 1.82) is 0 Å². The van der Waals surface area contributed by atoms with Crippen molar-refractivity contribution in [3.8, 4) is 16.9 Å². The number of aromatic nitrogens is 1. The van der Waals surface area contributed by atoms with Crippen LogP contribution in [0.3, 0.4) is 0 Å². The fourth-order valence-electron chi connectivity index (χ4n) is 2.76. The maximum Gasteiger partial charge on any atom is 0.337 e. The molecule has 0 bridgehead atoms. The lowest BCUT2D eigenvalue weighted by atomic mass is 10.0. The number of halogens is 1. The van der Waals surface area contributed by atoms with Crippen molar-refractivity contribution in [2.45, 2.75) is 13.0 Å². The zero-order valence-electron chi connectivity index (χ0n) is 13.9. The summed E-state index contributed by atoms with van der Waals surface area (Å²) in [7, 11) is 1.63. The normalized spacial score (nSPS) is 12.3. The first-order valence-electron chi connectivity index (χ1n) is 7.79. The van der Waals surface area contributed by atoms with Crippen molar-refractivity contribution >= 4 is 28.5 Å². The number of carboxylic acids is 1. The number of ether oxygens (including phenoxy) is 2. The number of nitrogens with one attached hydrogen (secondary N) is 1. The molecule has 0 radical (unpaired) electrons. The molecule has 0 amide bonds. The van der Waals surface area contributed by atoms with Gasteiger partial charge in [0.25, 0.3) is 0 Å². The van der Waals surface area contributed by atoms with Crippen molar-refractivity contribution < 1.29 is 19.4 Å². The third kappa shape index (κ3) is 3.62. The summed E-state index contributed by atoms with van der Waals surface area (Å²) in [5.74, 6) is -0.242. The number of rotatable bonds is 6. The SMILES string of the molecule is COC[C@@H](C)Oc1ccc(-c2cc3c(C(=O)O)c[nH]c3cc2Cl)cc1. The van der Waals surface area contributed by atoms with Crippen molar-refractivity contribution in [3.05, 3.63) is 53.2 Å². The minimum Gasteiger partial charge on any atom is -0.488 e. The number of fused-ring (bicyclic) bond motifs is 1. The first-order chi connectivity index (χ1) is 12.0. The van der Waals surface area contributed by atoms with Gasteiger partial charge in [-0.25, -0.2) is 4.79 Å². The molecular formula is C19H18ClNO4. The van der Waals surface area contributed by atoms with E-state index < -0.39 is 5.97 Å². The van der Waals surface area contributed by atoms with Crippen molar-refractivity contribution in [2.75, 3.05) is 13.7 Å². The van der Waals surface area contributed by atoms with Crippen LogP contribution in [0.4, 0.5) is 0 Å². The molecule has 1 heterocycles. The van der Waals surface area contributed by atoms with Crippen LogP contribution in [-0.4, -0.2) is 35.9 Å². The molecule has 1 atom stereocenters. The molecular weight excluding hydrogens is 342 g/mol. The van der Waals surface area contributed by atoms with E-state index >= 15 is 0 Å². The number of hydrogen-bond donors (Lipinski definition) is 2. The van der Waals surface area contributed by atoms with Gasteiger partial charge in [0, 0.05) is 29.8 Å². The quantitative estimate of drug-likeness (QED) is 0.674. The Hall–Kier alpha value is -2.50. The Morgan fingerprint density at radius 1 is 1.28 bits per heavy atom. The van der Waals surface area contributed by atoms with E-state index in [0.717, 1.165) is 16.9 Å².